The lowest BCUT2D eigenvalue weighted by Gasteiger charge is -2.29. The Morgan fingerprint density at radius 1 is 1.38 bits per heavy atom. The van der Waals surface area contributed by atoms with Crippen molar-refractivity contribution in [2.45, 2.75) is 71.3 Å². The number of allylic oxidation sites excluding steroid dienone is 2. The van der Waals surface area contributed by atoms with E-state index in [-0.39, 0.29) is 5.78 Å². The predicted octanol–water partition coefficient (Wildman–Crippen LogP) is 4.10. The van der Waals surface area contributed by atoms with Gasteiger partial charge in [0.15, 0.2) is 0 Å². The number of Topliss-reactive ketones (excluding diaryl/α,β-unsaturated/α-hetero) is 1. The average Bonchev–Trinajstić information content (AvgIpc) is 2.50. The molecule has 21 heavy (non-hydrogen) atoms. The zero-order valence-corrected chi connectivity index (χ0v) is 13.8. The van der Waals surface area contributed by atoms with Crippen LogP contribution in [0.4, 0.5) is 0 Å². The van der Waals surface area contributed by atoms with Gasteiger partial charge in [-0.3, -0.25) is 9.59 Å². The highest BCUT2D eigenvalue weighted by Crippen LogP contribution is 2.31. The molecule has 120 valence electrons. The summed E-state index contributed by atoms with van der Waals surface area (Å²) in [5.41, 5.74) is 0.643. The molecule has 1 rings (SSSR count). The van der Waals surface area contributed by atoms with Crippen molar-refractivity contribution in [2.75, 3.05) is 7.11 Å². The van der Waals surface area contributed by atoms with Gasteiger partial charge in [-0.15, -0.1) is 0 Å². The Morgan fingerprint density at radius 3 is 2.81 bits per heavy atom. The summed E-state index contributed by atoms with van der Waals surface area (Å²) in [4.78, 5) is 22.2. The quantitative estimate of drug-likeness (QED) is 0.475. The zero-order chi connectivity index (χ0) is 15.7. The van der Waals surface area contributed by atoms with Crippen LogP contribution in [0.25, 0.3) is 0 Å². The maximum absolute atomic E-state index is 11.8. The van der Waals surface area contributed by atoms with Crippen LogP contribution >= 0.6 is 0 Å². The maximum atomic E-state index is 11.8. The molecule has 0 bridgehead atoms. The van der Waals surface area contributed by atoms with Crippen molar-refractivity contribution >= 4 is 12.1 Å². The number of hydrogen-bond donors (Lipinski definition) is 0. The fourth-order valence-corrected chi connectivity index (χ4v) is 3.19. The van der Waals surface area contributed by atoms with Crippen LogP contribution < -0.4 is 0 Å². The van der Waals surface area contributed by atoms with E-state index in [9.17, 15) is 9.59 Å². The van der Waals surface area contributed by atoms with Crippen LogP contribution in [-0.4, -0.2) is 25.3 Å². The van der Waals surface area contributed by atoms with E-state index in [4.69, 9.17) is 4.74 Å². The van der Waals surface area contributed by atoms with Crippen LogP contribution in [0.5, 0.6) is 0 Å². The van der Waals surface area contributed by atoms with Gasteiger partial charge in [-0.25, -0.2) is 0 Å². The summed E-state index contributed by atoms with van der Waals surface area (Å²) in [5.74, 6) is 1.58. The van der Waals surface area contributed by atoms with Crippen molar-refractivity contribution in [3.63, 3.8) is 0 Å². The van der Waals surface area contributed by atoms with Crippen molar-refractivity contribution in [1.82, 2.24) is 0 Å². The molecule has 1 aliphatic rings. The predicted molar refractivity (Wildman–Crippen MR) is 85.2 cm³/mol. The number of methoxy groups -OCH3 is 1. The van der Waals surface area contributed by atoms with Gasteiger partial charge < -0.3 is 4.74 Å². The lowest BCUT2D eigenvalue weighted by atomic mass is 9.80. The molecular weight excluding hydrogens is 264 g/mol. The van der Waals surface area contributed by atoms with E-state index in [0.717, 1.165) is 18.6 Å². The first-order chi connectivity index (χ1) is 10.0. The summed E-state index contributed by atoms with van der Waals surface area (Å²) in [7, 11) is 1.81. The van der Waals surface area contributed by atoms with Crippen molar-refractivity contribution in [3.8, 4) is 0 Å². The van der Waals surface area contributed by atoms with E-state index in [1.807, 2.05) is 7.11 Å². The highest BCUT2D eigenvalue weighted by Gasteiger charge is 2.23. The fourth-order valence-electron chi connectivity index (χ4n) is 3.19. The molecule has 0 N–H and O–H groups in total. The third kappa shape index (κ3) is 7.56. The molecule has 0 aromatic carbocycles. The number of carbonyl (C=O) groups excluding carboxylic acids is 2. The summed E-state index contributed by atoms with van der Waals surface area (Å²) in [6.45, 7) is 3.98. The van der Waals surface area contributed by atoms with Crippen LogP contribution in [-0.2, 0) is 14.3 Å². The molecule has 1 fully saturated rings. The molecule has 3 nitrogen and oxygen atoms in total. The molecule has 1 aliphatic carbocycles. The van der Waals surface area contributed by atoms with Crippen molar-refractivity contribution in [3.05, 3.63) is 11.6 Å². The Bertz CT molecular complexity index is 359. The third-order valence-corrected chi connectivity index (χ3v) is 4.56. The zero-order valence-electron chi connectivity index (χ0n) is 13.8. The van der Waals surface area contributed by atoms with E-state index in [1.54, 1.807) is 13.0 Å². The van der Waals surface area contributed by atoms with Gasteiger partial charge in [0.05, 0.1) is 6.10 Å². The lowest BCUT2D eigenvalue weighted by molar-refractivity contribution is -0.118. The molecule has 3 atom stereocenters. The number of carbonyl (C=O) groups is 2. The second-order valence-corrected chi connectivity index (χ2v) is 6.58. The van der Waals surface area contributed by atoms with Crippen LogP contribution in [0.1, 0.15) is 65.2 Å². The van der Waals surface area contributed by atoms with Gasteiger partial charge in [0.2, 0.25) is 0 Å². The topological polar surface area (TPSA) is 43.4 Å². The third-order valence-electron chi connectivity index (χ3n) is 4.56. The van der Waals surface area contributed by atoms with Crippen molar-refractivity contribution < 1.29 is 14.3 Å². The van der Waals surface area contributed by atoms with Crippen molar-refractivity contribution in [2.24, 2.45) is 11.8 Å². The molecule has 1 saturated carbocycles. The first kappa shape index (κ1) is 18.1. The Labute approximate surface area is 129 Å². The highest BCUT2D eigenvalue weighted by atomic mass is 16.5. The Balaban J connectivity index is 2.22. The molecule has 0 saturated heterocycles. The smallest absolute Gasteiger partial charge is 0.145 e. The molecule has 0 aromatic heterocycles. The van der Waals surface area contributed by atoms with Crippen LogP contribution in [0.2, 0.25) is 0 Å². The second-order valence-electron chi connectivity index (χ2n) is 6.58. The molecule has 0 aliphatic heterocycles. The summed E-state index contributed by atoms with van der Waals surface area (Å²) in [6, 6.07) is 0. The first-order valence-electron chi connectivity index (χ1n) is 8.21. The van der Waals surface area contributed by atoms with Gasteiger partial charge in [0.1, 0.15) is 12.1 Å². The molecule has 0 radical (unpaired) electrons. The molecule has 3 heteroatoms. The average molecular weight is 294 g/mol. The molecule has 0 amide bonds. The minimum absolute atomic E-state index is 0.237. The van der Waals surface area contributed by atoms with Crippen LogP contribution in [0.15, 0.2) is 11.6 Å². The standard InChI is InChI=1S/C18H30O3/c1-14(7-9-17(20)10-8-15(2)13-19)11-16-5-4-6-18(12-16)21-3/h8,13-14,16,18H,4-7,9-12H2,1-3H3/b15-8+/t14-,16-,18?/m0/s1. The monoisotopic (exact) mass is 294 g/mol. The SMILES string of the molecule is COC1CCC[C@@H](C[C@@H](C)CCC(=O)C/C=C(\C)C=O)C1. The highest BCUT2D eigenvalue weighted by molar-refractivity contribution is 5.81. The molecule has 1 unspecified atom stereocenters. The van der Waals surface area contributed by atoms with Gasteiger partial charge in [-0.1, -0.05) is 25.8 Å². The first-order valence-corrected chi connectivity index (χ1v) is 8.21. The fraction of sp³-hybridized carbons (Fsp3) is 0.778. The van der Waals surface area contributed by atoms with Crippen LogP contribution in [0, 0.1) is 11.8 Å². The Morgan fingerprint density at radius 2 is 2.14 bits per heavy atom. The minimum atomic E-state index is 0.237. The summed E-state index contributed by atoms with van der Waals surface area (Å²) in [5, 5.41) is 0. The summed E-state index contributed by atoms with van der Waals surface area (Å²) >= 11 is 0. The molecule has 0 aromatic rings. The van der Waals surface area contributed by atoms with E-state index >= 15 is 0 Å². The molecule has 0 heterocycles. The van der Waals surface area contributed by atoms with Crippen LogP contribution in [0.3, 0.4) is 0 Å². The largest absolute Gasteiger partial charge is 0.381 e. The number of ether oxygens (including phenoxy) is 1. The Hall–Kier alpha value is -0.960. The van der Waals surface area contributed by atoms with Gasteiger partial charge in [0.25, 0.3) is 0 Å². The van der Waals surface area contributed by atoms with Gasteiger partial charge in [-0.05, 0) is 50.0 Å². The maximum Gasteiger partial charge on any atom is 0.145 e. The number of aldehydes is 1. The summed E-state index contributed by atoms with van der Waals surface area (Å²) < 4.78 is 5.48. The van der Waals surface area contributed by atoms with E-state index in [2.05, 4.69) is 6.92 Å². The number of hydrogen-bond acceptors (Lipinski definition) is 3. The van der Waals surface area contributed by atoms with E-state index < -0.39 is 0 Å². The number of rotatable bonds is 9. The molecular formula is C18H30O3. The lowest BCUT2D eigenvalue weighted by Crippen LogP contribution is -2.23. The second kappa shape index (κ2) is 9.88. The number of ketones is 1. The van der Waals surface area contributed by atoms with Crippen molar-refractivity contribution in [1.29, 1.82) is 0 Å². The summed E-state index contributed by atoms with van der Waals surface area (Å²) in [6.07, 6.45) is 11.1. The minimum Gasteiger partial charge on any atom is -0.381 e. The van der Waals surface area contributed by atoms with Gasteiger partial charge in [-0.2, -0.15) is 0 Å². The molecule has 0 spiro atoms. The van der Waals surface area contributed by atoms with Gasteiger partial charge in [0, 0.05) is 20.0 Å². The Kier molecular flexibility index (Phi) is 8.51. The van der Waals surface area contributed by atoms with E-state index in [1.165, 1.54) is 32.1 Å². The van der Waals surface area contributed by atoms with Gasteiger partial charge >= 0.3 is 0 Å². The normalized spacial score (nSPS) is 24.6. The van der Waals surface area contributed by atoms with E-state index in [0.29, 0.717) is 30.4 Å².